The highest BCUT2D eigenvalue weighted by atomic mass is 16.5. The second-order valence-corrected chi connectivity index (χ2v) is 4.54. The number of benzene rings is 1. The van der Waals surface area contributed by atoms with Crippen LogP contribution in [0, 0.1) is 0 Å². The highest BCUT2D eigenvalue weighted by Gasteiger charge is 2.38. The van der Waals surface area contributed by atoms with Crippen molar-refractivity contribution in [3.8, 4) is 5.75 Å². The van der Waals surface area contributed by atoms with Crippen LogP contribution >= 0.6 is 0 Å². The molecule has 1 heterocycles. The molecule has 19 heavy (non-hydrogen) atoms. The first-order chi connectivity index (χ1) is 9.00. The Balaban J connectivity index is 2.39. The van der Waals surface area contributed by atoms with Crippen LogP contribution in [-0.4, -0.2) is 35.8 Å². The van der Waals surface area contributed by atoms with Crippen LogP contribution in [0.5, 0.6) is 5.75 Å². The lowest BCUT2D eigenvalue weighted by Crippen LogP contribution is -2.39. The normalized spacial score (nSPS) is 18.6. The van der Waals surface area contributed by atoms with Crippen LogP contribution in [0.4, 0.5) is 10.5 Å². The van der Waals surface area contributed by atoms with Crippen molar-refractivity contribution in [1.82, 2.24) is 5.32 Å². The number of hydrogen-bond acceptors (Lipinski definition) is 3. The molecule has 0 saturated carbocycles. The Morgan fingerprint density at radius 1 is 1.47 bits per heavy atom. The van der Waals surface area contributed by atoms with Crippen molar-refractivity contribution in [2.24, 2.45) is 0 Å². The molecule has 0 aliphatic carbocycles. The number of nitrogens with zero attached hydrogens (tertiary/aromatic N) is 1. The maximum Gasteiger partial charge on any atom is 0.328 e. The van der Waals surface area contributed by atoms with Gasteiger partial charge < -0.3 is 15.2 Å². The number of nitrogens with one attached hydrogen (secondary N) is 1. The van der Waals surface area contributed by atoms with Gasteiger partial charge in [-0.15, -0.1) is 0 Å². The van der Waals surface area contributed by atoms with Gasteiger partial charge in [0.1, 0.15) is 5.75 Å². The number of hydrogen-bond donors (Lipinski definition) is 2. The number of carbonyl (C=O) groups excluding carboxylic acids is 1. The Labute approximate surface area is 111 Å². The van der Waals surface area contributed by atoms with Gasteiger partial charge in [0.2, 0.25) is 0 Å². The Hall–Kier alpha value is -2.24. The minimum Gasteiger partial charge on any atom is -0.489 e. The monoisotopic (exact) mass is 264 g/mol. The van der Waals surface area contributed by atoms with E-state index in [1.54, 1.807) is 24.3 Å². The summed E-state index contributed by atoms with van der Waals surface area (Å²) in [4.78, 5) is 24.2. The lowest BCUT2D eigenvalue weighted by molar-refractivity contribution is -0.137. The summed E-state index contributed by atoms with van der Waals surface area (Å²) in [5, 5.41) is 11.7. The quantitative estimate of drug-likeness (QED) is 0.862. The highest BCUT2D eigenvalue weighted by molar-refractivity contribution is 6.02. The molecular formula is C13H16N2O4. The van der Waals surface area contributed by atoms with Crippen molar-refractivity contribution in [1.29, 1.82) is 0 Å². The zero-order valence-electron chi connectivity index (χ0n) is 10.8. The van der Waals surface area contributed by atoms with Crippen LogP contribution in [-0.2, 0) is 4.79 Å². The zero-order chi connectivity index (χ0) is 14.0. The minimum absolute atomic E-state index is 0.0601. The Kier molecular flexibility index (Phi) is 3.59. The van der Waals surface area contributed by atoms with Gasteiger partial charge in [-0.25, -0.2) is 9.59 Å². The molecule has 6 heteroatoms. The van der Waals surface area contributed by atoms with E-state index in [4.69, 9.17) is 9.84 Å². The molecule has 6 nitrogen and oxygen atoms in total. The third kappa shape index (κ3) is 2.62. The molecule has 1 aromatic rings. The number of amides is 2. The van der Waals surface area contributed by atoms with Gasteiger partial charge in [-0.05, 0) is 26.0 Å². The number of anilines is 1. The van der Waals surface area contributed by atoms with Crippen molar-refractivity contribution in [2.75, 3.05) is 11.4 Å². The zero-order valence-corrected chi connectivity index (χ0v) is 10.8. The van der Waals surface area contributed by atoms with Crippen LogP contribution in [0.15, 0.2) is 24.3 Å². The average molecular weight is 264 g/mol. The molecule has 1 saturated heterocycles. The van der Waals surface area contributed by atoms with Gasteiger partial charge in [-0.1, -0.05) is 12.1 Å². The summed E-state index contributed by atoms with van der Waals surface area (Å²) >= 11 is 0. The standard InChI is InChI=1S/C13H16N2O4/c1-8(2)19-11-6-4-3-5-9(11)15-10(12(16)17)7-14-13(15)18/h3-6,8,10H,7H2,1-2H3,(H,14,18)(H,16,17). The van der Waals surface area contributed by atoms with Gasteiger partial charge in [0.05, 0.1) is 18.3 Å². The van der Waals surface area contributed by atoms with Gasteiger partial charge in [0.15, 0.2) is 6.04 Å². The lowest BCUT2D eigenvalue weighted by Gasteiger charge is -2.23. The van der Waals surface area contributed by atoms with E-state index in [1.807, 2.05) is 13.8 Å². The molecule has 2 rings (SSSR count). The Morgan fingerprint density at radius 2 is 2.16 bits per heavy atom. The first-order valence-corrected chi connectivity index (χ1v) is 6.06. The van der Waals surface area contributed by atoms with E-state index in [0.29, 0.717) is 11.4 Å². The molecule has 0 spiro atoms. The van der Waals surface area contributed by atoms with E-state index in [-0.39, 0.29) is 12.6 Å². The summed E-state index contributed by atoms with van der Waals surface area (Å²) in [7, 11) is 0. The SMILES string of the molecule is CC(C)Oc1ccccc1N1C(=O)NCC1C(=O)O. The van der Waals surface area contributed by atoms with E-state index in [2.05, 4.69) is 5.32 Å². The molecule has 1 aromatic carbocycles. The van der Waals surface area contributed by atoms with E-state index < -0.39 is 18.0 Å². The van der Waals surface area contributed by atoms with Crippen LogP contribution < -0.4 is 15.0 Å². The van der Waals surface area contributed by atoms with Crippen LogP contribution in [0.3, 0.4) is 0 Å². The van der Waals surface area contributed by atoms with Crippen LogP contribution in [0.25, 0.3) is 0 Å². The average Bonchev–Trinajstić information content (AvgIpc) is 2.71. The van der Waals surface area contributed by atoms with Crippen molar-refractivity contribution in [3.05, 3.63) is 24.3 Å². The fraction of sp³-hybridized carbons (Fsp3) is 0.385. The topological polar surface area (TPSA) is 78.9 Å². The molecule has 1 fully saturated rings. The van der Waals surface area contributed by atoms with Crippen molar-refractivity contribution >= 4 is 17.7 Å². The fourth-order valence-corrected chi connectivity index (χ4v) is 1.99. The maximum absolute atomic E-state index is 11.8. The van der Waals surface area contributed by atoms with E-state index >= 15 is 0 Å². The maximum atomic E-state index is 11.8. The molecule has 1 aliphatic rings. The molecule has 1 unspecified atom stereocenters. The number of aliphatic carboxylic acids is 1. The molecule has 2 amide bonds. The summed E-state index contributed by atoms with van der Waals surface area (Å²) in [5.41, 5.74) is 0.471. The van der Waals surface area contributed by atoms with Crippen molar-refractivity contribution in [3.63, 3.8) is 0 Å². The van der Waals surface area contributed by atoms with Gasteiger partial charge in [-0.2, -0.15) is 0 Å². The first kappa shape index (κ1) is 13.2. The summed E-state index contributed by atoms with van der Waals surface area (Å²) in [5.74, 6) is -0.543. The Bertz CT molecular complexity index is 501. The highest BCUT2D eigenvalue weighted by Crippen LogP contribution is 2.31. The summed E-state index contributed by atoms with van der Waals surface area (Å²) < 4.78 is 5.62. The third-order valence-corrected chi connectivity index (χ3v) is 2.75. The molecule has 102 valence electrons. The number of rotatable bonds is 4. The smallest absolute Gasteiger partial charge is 0.328 e. The first-order valence-electron chi connectivity index (χ1n) is 6.06. The molecule has 2 N–H and O–H groups in total. The van der Waals surface area contributed by atoms with E-state index in [9.17, 15) is 9.59 Å². The van der Waals surface area contributed by atoms with Crippen LogP contribution in [0.1, 0.15) is 13.8 Å². The molecular weight excluding hydrogens is 248 g/mol. The lowest BCUT2D eigenvalue weighted by atomic mass is 10.2. The van der Waals surface area contributed by atoms with Gasteiger partial charge in [0, 0.05) is 0 Å². The predicted octanol–water partition coefficient (Wildman–Crippen LogP) is 1.46. The second-order valence-electron chi connectivity index (χ2n) is 4.54. The van der Waals surface area contributed by atoms with Gasteiger partial charge >= 0.3 is 12.0 Å². The fourth-order valence-electron chi connectivity index (χ4n) is 1.99. The van der Waals surface area contributed by atoms with Gasteiger partial charge in [-0.3, -0.25) is 4.90 Å². The number of carboxylic acids is 1. The molecule has 0 bridgehead atoms. The largest absolute Gasteiger partial charge is 0.489 e. The molecule has 0 radical (unpaired) electrons. The molecule has 1 atom stereocenters. The predicted molar refractivity (Wildman–Crippen MR) is 69.5 cm³/mol. The molecule has 0 aromatic heterocycles. The van der Waals surface area contributed by atoms with Crippen molar-refractivity contribution < 1.29 is 19.4 Å². The van der Waals surface area contributed by atoms with Crippen LogP contribution in [0.2, 0.25) is 0 Å². The van der Waals surface area contributed by atoms with E-state index in [0.717, 1.165) is 0 Å². The van der Waals surface area contributed by atoms with Gasteiger partial charge in [0.25, 0.3) is 0 Å². The molecule has 1 aliphatic heterocycles. The van der Waals surface area contributed by atoms with Crippen molar-refractivity contribution in [2.45, 2.75) is 26.0 Å². The summed E-state index contributed by atoms with van der Waals surface area (Å²) in [6.45, 7) is 3.83. The Morgan fingerprint density at radius 3 is 2.79 bits per heavy atom. The number of urea groups is 1. The summed E-state index contributed by atoms with van der Waals surface area (Å²) in [6.07, 6.45) is -0.0601. The minimum atomic E-state index is -1.04. The third-order valence-electron chi connectivity index (χ3n) is 2.75. The van der Waals surface area contributed by atoms with E-state index in [1.165, 1.54) is 4.90 Å². The number of ether oxygens (including phenoxy) is 1. The number of carbonyl (C=O) groups is 2. The number of para-hydroxylation sites is 2. The number of carboxylic acid groups (broad SMARTS) is 1. The summed E-state index contributed by atoms with van der Waals surface area (Å²) in [6, 6.07) is 5.59. The second kappa shape index (κ2) is 5.17.